The standard InChI is InChI=1S/C5H11N3OS/c1-3-4(9)8(2)7-5(6)10/h3H2,1-2H3,(H3,6,7,10). The number of hydrogen-bond acceptors (Lipinski definition) is 2. The smallest absolute Gasteiger partial charge is 0.240 e. The molecular weight excluding hydrogens is 150 g/mol. The predicted molar refractivity (Wildman–Crippen MR) is 43.0 cm³/mol. The molecule has 0 saturated heterocycles. The van der Waals surface area contributed by atoms with E-state index in [-0.39, 0.29) is 11.0 Å². The zero-order valence-corrected chi connectivity index (χ0v) is 6.86. The molecule has 1 amide bonds. The van der Waals surface area contributed by atoms with Crippen LogP contribution in [0.3, 0.4) is 0 Å². The summed E-state index contributed by atoms with van der Waals surface area (Å²) >= 11 is 4.51. The second-order valence-electron chi connectivity index (χ2n) is 1.78. The van der Waals surface area contributed by atoms with Crippen LogP contribution in [-0.4, -0.2) is 23.1 Å². The monoisotopic (exact) mass is 161 g/mol. The highest BCUT2D eigenvalue weighted by Crippen LogP contribution is 1.83. The Morgan fingerprint density at radius 2 is 2.30 bits per heavy atom. The van der Waals surface area contributed by atoms with Crippen LogP contribution in [0.25, 0.3) is 0 Å². The molecule has 4 nitrogen and oxygen atoms in total. The lowest BCUT2D eigenvalue weighted by atomic mass is 10.4. The SMILES string of the molecule is CCC(=O)N(C)NC(N)=S. The topological polar surface area (TPSA) is 58.4 Å². The van der Waals surface area contributed by atoms with Crippen LogP contribution in [0.1, 0.15) is 13.3 Å². The molecule has 0 bridgehead atoms. The fourth-order valence-corrected chi connectivity index (χ4v) is 0.602. The summed E-state index contributed by atoms with van der Waals surface area (Å²) in [6.07, 6.45) is 0.437. The van der Waals surface area contributed by atoms with Crippen molar-refractivity contribution in [2.75, 3.05) is 7.05 Å². The maximum Gasteiger partial charge on any atom is 0.240 e. The number of carbonyl (C=O) groups is 1. The molecule has 5 heteroatoms. The van der Waals surface area contributed by atoms with E-state index in [0.29, 0.717) is 6.42 Å². The number of hydrogen-bond donors (Lipinski definition) is 2. The molecule has 0 aliphatic heterocycles. The van der Waals surface area contributed by atoms with Crippen LogP contribution in [0.5, 0.6) is 0 Å². The average molecular weight is 161 g/mol. The molecule has 0 atom stereocenters. The third-order valence-electron chi connectivity index (χ3n) is 0.954. The fourth-order valence-electron chi connectivity index (χ4n) is 0.465. The van der Waals surface area contributed by atoms with Gasteiger partial charge >= 0.3 is 0 Å². The second-order valence-corrected chi connectivity index (χ2v) is 2.22. The summed E-state index contributed by atoms with van der Waals surface area (Å²) in [5.41, 5.74) is 7.60. The molecule has 0 radical (unpaired) electrons. The summed E-state index contributed by atoms with van der Waals surface area (Å²) in [7, 11) is 1.57. The van der Waals surface area contributed by atoms with Crippen molar-refractivity contribution in [2.45, 2.75) is 13.3 Å². The molecule has 3 N–H and O–H groups in total. The minimum Gasteiger partial charge on any atom is -0.375 e. The number of nitrogens with zero attached hydrogens (tertiary/aromatic N) is 1. The third kappa shape index (κ3) is 3.24. The van der Waals surface area contributed by atoms with Crippen LogP contribution in [0.15, 0.2) is 0 Å². The Morgan fingerprint density at radius 3 is 2.60 bits per heavy atom. The Kier molecular flexibility index (Phi) is 3.71. The molecule has 0 fully saturated rings. The number of nitrogens with one attached hydrogen (secondary N) is 1. The zero-order chi connectivity index (χ0) is 8.15. The molecular formula is C5H11N3OS. The molecule has 0 heterocycles. The van der Waals surface area contributed by atoms with Gasteiger partial charge in [0, 0.05) is 13.5 Å². The van der Waals surface area contributed by atoms with Gasteiger partial charge in [-0.15, -0.1) is 0 Å². The Bertz CT molecular complexity index is 148. The molecule has 0 aromatic carbocycles. The quantitative estimate of drug-likeness (QED) is 0.406. The van der Waals surface area contributed by atoms with Crippen LogP contribution in [-0.2, 0) is 4.79 Å². The van der Waals surface area contributed by atoms with E-state index < -0.39 is 0 Å². The van der Waals surface area contributed by atoms with Crippen molar-refractivity contribution in [3.8, 4) is 0 Å². The van der Waals surface area contributed by atoms with Crippen molar-refractivity contribution in [1.29, 1.82) is 0 Å². The number of thiocarbonyl (C=S) groups is 1. The van der Waals surface area contributed by atoms with Gasteiger partial charge in [0.1, 0.15) is 0 Å². The summed E-state index contributed by atoms with van der Waals surface area (Å²) in [5, 5.41) is 1.37. The molecule has 0 aliphatic rings. The van der Waals surface area contributed by atoms with Gasteiger partial charge < -0.3 is 5.73 Å². The van der Waals surface area contributed by atoms with E-state index in [0.717, 1.165) is 0 Å². The van der Waals surface area contributed by atoms with E-state index >= 15 is 0 Å². The first-order valence-electron chi connectivity index (χ1n) is 2.90. The van der Waals surface area contributed by atoms with Gasteiger partial charge in [0.05, 0.1) is 0 Å². The minimum atomic E-state index is -0.0483. The molecule has 0 saturated carbocycles. The predicted octanol–water partition coefficient (Wildman–Crippen LogP) is -0.397. The van der Waals surface area contributed by atoms with Crippen LogP contribution >= 0.6 is 12.2 Å². The average Bonchev–Trinajstić information content (AvgIpc) is 1.85. The largest absolute Gasteiger partial charge is 0.375 e. The third-order valence-corrected chi connectivity index (χ3v) is 1.05. The van der Waals surface area contributed by atoms with Crippen molar-refractivity contribution in [1.82, 2.24) is 10.4 Å². The van der Waals surface area contributed by atoms with E-state index in [1.807, 2.05) is 0 Å². The zero-order valence-electron chi connectivity index (χ0n) is 6.05. The first kappa shape index (κ1) is 9.16. The van der Waals surface area contributed by atoms with Gasteiger partial charge in [-0.2, -0.15) is 0 Å². The number of nitrogens with two attached hydrogens (primary N) is 1. The van der Waals surface area contributed by atoms with Crippen molar-refractivity contribution in [3.05, 3.63) is 0 Å². The molecule has 58 valence electrons. The Labute approximate surface area is 65.3 Å². The maximum atomic E-state index is 10.8. The lowest BCUT2D eigenvalue weighted by Gasteiger charge is -2.16. The number of hydrazine groups is 1. The summed E-state index contributed by atoms with van der Waals surface area (Å²) in [4.78, 5) is 10.8. The summed E-state index contributed by atoms with van der Waals surface area (Å²) in [5.74, 6) is -0.0483. The van der Waals surface area contributed by atoms with Crippen molar-refractivity contribution in [2.24, 2.45) is 5.73 Å². The van der Waals surface area contributed by atoms with E-state index in [4.69, 9.17) is 5.73 Å². The lowest BCUT2D eigenvalue weighted by molar-refractivity contribution is -0.131. The first-order chi connectivity index (χ1) is 4.57. The van der Waals surface area contributed by atoms with Gasteiger partial charge in [0.2, 0.25) is 5.91 Å². The van der Waals surface area contributed by atoms with E-state index in [9.17, 15) is 4.79 Å². The van der Waals surface area contributed by atoms with Crippen molar-refractivity contribution >= 4 is 23.2 Å². The Morgan fingerprint density at radius 1 is 1.80 bits per heavy atom. The van der Waals surface area contributed by atoms with E-state index in [1.54, 1.807) is 14.0 Å². The van der Waals surface area contributed by atoms with Gasteiger partial charge in [0.15, 0.2) is 5.11 Å². The first-order valence-corrected chi connectivity index (χ1v) is 3.31. The fraction of sp³-hybridized carbons (Fsp3) is 0.600. The van der Waals surface area contributed by atoms with Gasteiger partial charge in [-0.3, -0.25) is 15.2 Å². The van der Waals surface area contributed by atoms with Crippen LogP contribution in [0.2, 0.25) is 0 Å². The normalized spacial score (nSPS) is 8.60. The maximum absolute atomic E-state index is 10.8. The summed E-state index contributed by atoms with van der Waals surface area (Å²) in [6, 6.07) is 0. The van der Waals surface area contributed by atoms with Gasteiger partial charge in [-0.25, -0.2) is 0 Å². The van der Waals surface area contributed by atoms with Crippen LogP contribution < -0.4 is 11.2 Å². The van der Waals surface area contributed by atoms with Gasteiger partial charge in [-0.05, 0) is 12.2 Å². The summed E-state index contributed by atoms with van der Waals surface area (Å²) < 4.78 is 0. The van der Waals surface area contributed by atoms with Crippen LogP contribution in [0.4, 0.5) is 0 Å². The van der Waals surface area contributed by atoms with Crippen molar-refractivity contribution in [3.63, 3.8) is 0 Å². The molecule has 0 aromatic rings. The van der Waals surface area contributed by atoms with E-state index in [2.05, 4.69) is 17.6 Å². The van der Waals surface area contributed by atoms with Crippen LogP contribution in [0, 0.1) is 0 Å². The van der Waals surface area contributed by atoms with E-state index in [1.165, 1.54) is 5.01 Å². The highest BCUT2D eigenvalue weighted by atomic mass is 32.1. The lowest BCUT2D eigenvalue weighted by Crippen LogP contribution is -2.45. The second kappa shape index (κ2) is 4.05. The molecule has 0 aliphatic carbocycles. The Hall–Kier alpha value is -0.840. The minimum absolute atomic E-state index is 0.0483. The number of carbonyl (C=O) groups excluding carboxylic acids is 1. The van der Waals surface area contributed by atoms with Gasteiger partial charge in [0.25, 0.3) is 0 Å². The molecule has 0 unspecified atom stereocenters. The molecule has 0 aromatic heterocycles. The molecule has 10 heavy (non-hydrogen) atoms. The molecule has 0 rings (SSSR count). The Balaban J connectivity index is 3.72. The summed E-state index contributed by atoms with van der Waals surface area (Å²) in [6.45, 7) is 1.76. The molecule has 0 spiro atoms. The highest BCUT2D eigenvalue weighted by Gasteiger charge is 2.03. The van der Waals surface area contributed by atoms with Crippen molar-refractivity contribution < 1.29 is 4.79 Å². The van der Waals surface area contributed by atoms with Gasteiger partial charge in [-0.1, -0.05) is 6.92 Å². The number of amides is 1. The number of rotatable bonds is 1. The highest BCUT2D eigenvalue weighted by molar-refractivity contribution is 7.80.